The van der Waals surface area contributed by atoms with Gasteiger partial charge < -0.3 is 9.47 Å². The lowest BCUT2D eigenvalue weighted by Gasteiger charge is -2.06. The van der Waals surface area contributed by atoms with Crippen molar-refractivity contribution in [2.45, 2.75) is 13.2 Å². The van der Waals surface area contributed by atoms with Crippen LogP contribution in [0.15, 0.2) is 72.8 Å². The Labute approximate surface area is 131 Å². The molecule has 0 aliphatic rings. The molecular weight excluding hydrogens is 272 g/mol. The molecule has 0 N–H and O–H groups in total. The van der Waals surface area contributed by atoms with Gasteiger partial charge in [0.05, 0.1) is 0 Å². The van der Waals surface area contributed by atoms with Crippen LogP contribution in [0.2, 0.25) is 0 Å². The minimum absolute atomic E-state index is 0.523. The Morgan fingerprint density at radius 2 is 0.955 bits per heavy atom. The summed E-state index contributed by atoms with van der Waals surface area (Å²) in [6, 6.07) is 29.7. The summed E-state index contributed by atoms with van der Waals surface area (Å²) in [4.78, 5) is 0. The fourth-order valence-corrected chi connectivity index (χ4v) is 2.00. The van der Waals surface area contributed by atoms with Gasteiger partial charge in [-0.3, -0.25) is 0 Å². The van der Waals surface area contributed by atoms with Gasteiger partial charge in [0.15, 0.2) is 11.5 Å². The van der Waals surface area contributed by atoms with E-state index in [1.807, 2.05) is 72.8 Å². The van der Waals surface area contributed by atoms with Gasteiger partial charge in [0.1, 0.15) is 13.2 Å². The number of benzene rings is 2. The van der Waals surface area contributed by atoms with Gasteiger partial charge in [0.2, 0.25) is 0 Å². The van der Waals surface area contributed by atoms with E-state index in [0.29, 0.717) is 24.7 Å². The van der Waals surface area contributed by atoms with Crippen molar-refractivity contribution in [1.29, 1.82) is 0 Å². The topological polar surface area (TPSA) is 18.5 Å². The number of ether oxygens (including phenoxy) is 2. The Hall–Kier alpha value is -2.92. The highest BCUT2D eigenvalue weighted by Crippen LogP contribution is 2.15. The van der Waals surface area contributed by atoms with Crippen molar-refractivity contribution >= 4 is 0 Å². The van der Waals surface area contributed by atoms with Crippen LogP contribution >= 0.6 is 0 Å². The number of rotatable bonds is 6. The monoisotopic (exact) mass is 288 g/mol. The first-order valence-corrected chi connectivity index (χ1v) is 7.17. The van der Waals surface area contributed by atoms with Crippen molar-refractivity contribution in [3.63, 3.8) is 0 Å². The summed E-state index contributed by atoms with van der Waals surface area (Å²) < 4.78 is 11.3. The standard InChI is InChI=1S/C20H16O2/c1-3-7-17(8-4-1)15-21-19-11-13-20(14-12-19)22-16-18-9-5-2-6-10-18/h1-11,13H,15-16H2. The molecule has 0 aliphatic heterocycles. The quantitative estimate of drug-likeness (QED) is 0.667. The van der Waals surface area contributed by atoms with Crippen LogP contribution in [0.5, 0.6) is 11.5 Å². The van der Waals surface area contributed by atoms with Crippen molar-refractivity contribution < 1.29 is 9.47 Å². The van der Waals surface area contributed by atoms with Gasteiger partial charge >= 0.3 is 0 Å². The van der Waals surface area contributed by atoms with Crippen LogP contribution in [0.4, 0.5) is 0 Å². The molecule has 0 saturated carbocycles. The van der Waals surface area contributed by atoms with Gasteiger partial charge in [0.25, 0.3) is 0 Å². The zero-order chi connectivity index (χ0) is 15.0. The molecule has 0 aromatic heterocycles. The Morgan fingerprint density at radius 3 is 1.32 bits per heavy atom. The Balaban J connectivity index is 1.52. The Bertz CT molecular complexity index is 613. The molecule has 0 heterocycles. The second-order valence-electron chi connectivity index (χ2n) is 4.86. The van der Waals surface area contributed by atoms with Crippen LogP contribution in [0.25, 0.3) is 0 Å². The first-order valence-electron chi connectivity index (χ1n) is 7.17. The SMILES string of the molecule is c1c(OCc2ccccc2)ccc(OCc2ccccc2)c#1. The smallest absolute Gasteiger partial charge is 0.171 e. The van der Waals surface area contributed by atoms with E-state index < -0.39 is 0 Å². The molecule has 0 spiro atoms. The van der Waals surface area contributed by atoms with E-state index in [9.17, 15) is 0 Å². The lowest BCUT2D eigenvalue weighted by atomic mass is 10.2. The highest BCUT2D eigenvalue weighted by atomic mass is 16.5. The van der Waals surface area contributed by atoms with Crippen molar-refractivity contribution in [2.75, 3.05) is 0 Å². The predicted molar refractivity (Wildman–Crippen MR) is 85.7 cm³/mol. The van der Waals surface area contributed by atoms with Gasteiger partial charge in [-0.15, -0.1) is 0 Å². The maximum absolute atomic E-state index is 5.67. The summed E-state index contributed by atoms with van der Waals surface area (Å²) in [5.41, 5.74) is 2.25. The average Bonchev–Trinajstić information content (AvgIpc) is 2.61. The summed E-state index contributed by atoms with van der Waals surface area (Å²) in [7, 11) is 0. The second-order valence-corrected chi connectivity index (χ2v) is 4.86. The molecule has 3 aromatic rings. The van der Waals surface area contributed by atoms with Gasteiger partial charge in [-0.2, -0.15) is 0 Å². The molecular formula is C20H16O2. The van der Waals surface area contributed by atoms with Crippen LogP contribution in [0, 0.1) is 12.1 Å². The van der Waals surface area contributed by atoms with Crippen LogP contribution in [-0.2, 0) is 13.2 Å². The van der Waals surface area contributed by atoms with Gasteiger partial charge in [-0.25, -0.2) is 0 Å². The molecule has 3 rings (SSSR count). The average molecular weight is 288 g/mol. The third-order valence-corrected chi connectivity index (χ3v) is 3.17. The minimum atomic E-state index is 0.523. The third-order valence-electron chi connectivity index (χ3n) is 3.17. The van der Waals surface area contributed by atoms with E-state index in [1.165, 1.54) is 0 Å². The maximum atomic E-state index is 5.67. The fraction of sp³-hybridized carbons (Fsp3) is 0.100. The van der Waals surface area contributed by atoms with Crippen LogP contribution in [-0.4, -0.2) is 0 Å². The molecule has 0 radical (unpaired) electrons. The van der Waals surface area contributed by atoms with Crippen LogP contribution in [0.1, 0.15) is 11.1 Å². The van der Waals surface area contributed by atoms with E-state index in [2.05, 4.69) is 12.1 Å². The van der Waals surface area contributed by atoms with Crippen molar-refractivity contribution in [2.24, 2.45) is 0 Å². The van der Waals surface area contributed by atoms with Gasteiger partial charge in [0, 0.05) is 0 Å². The lowest BCUT2D eigenvalue weighted by Crippen LogP contribution is -1.96. The summed E-state index contributed by atoms with van der Waals surface area (Å²) in [6.45, 7) is 1.05. The molecule has 0 atom stereocenters. The Kier molecular flexibility index (Phi) is 4.59. The Morgan fingerprint density at radius 1 is 0.545 bits per heavy atom. The number of hydrogen-bond acceptors (Lipinski definition) is 2. The first-order chi connectivity index (χ1) is 10.9. The lowest BCUT2D eigenvalue weighted by molar-refractivity contribution is 0.298. The largest absolute Gasteiger partial charge is 0.481 e. The van der Waals surface area contributed by atoms with Crippen molar-refractivity contribution in [3.05, 3.63) is 96.1 Å². The molecule has 0 aliphatic carbocycles. The molecule has 108 valence electrons. The van der Waals surface area contributed by atoms with E-state index in [-0.39, 0.29) is 0 Å². The third kappa shape index (κ3) is 4.04. The number of hydrogen-bond donors (Lipinski definition) is 0. The highest BCUT2D eigenvalue weighted by Gasteiger charge is 1.97. The maximum Gasteiger partial charge on any atom is 0.171 e. The molecule has 22 heavy (non-hydrogen) atoms. The highest BCUT2D eigenvalue weighted by molar-refractivity contribution is 5.25. The van der Waals surface area contributed by atoms with Crippen LogP contribution in [0.3, 0.4) is 0 Å². The molecule has 0 fully saturated rings. The molecule has 2 nitrogen and oxygen atoms in total. The fourth-order valence-electron chi connectivity index (χ4n) is 2.00. The van der Waals surface area contributed by atoms with Gasteiger partial charge in [-0.1, -0.05) is 60.7 Å². The first kappa shape index (κ1) is 14.0. The van der Waals surface area contributed by atoms with E-state index in [4.69, 9.17) is 9.47 Å². The molecule has 2 heteroatoms. The van der Waals surface area contributed by atoms with Crippen LogP contribution < -0.4 is 9.47 Å². The zero-order valence-corrected chi connectivity index (χ0v) is 12.2. The minimum Gasteiger partial charge on any atom is -0.481 e. The van der Waals surface area contributed by atoms with Crippen molar-refractivity contribution in [1.82, 2.24) is 0 Å². The van der Waals surface area contributed by atoms with E-state index in [0.717, 1.165) is 11.1 Å². The van der Waals surface area contributed by atoms with Gasteiger partial charge in [-0.05, 0) is 35.4 Å². The molecule has 0 bridgehead atoms. The van der Waals surface area contributed by atoms with Crippen molar-refractivity contribution in [3.8, 4) is 11.5 Å². The molecule has 0 amide bonds. The zero-order valence-electron chi connectivity index (χ0n) is 12.2. The van der Waals surface area contributed by atoms with E-state index in [1.54, 1.807) is 0 Å². The van der Waals surface area contributed by atoms with E-state index >= 15 is 0 Å². The summed E-state index contributed by atoms with van der Waals surface area (Å²) in [5, 5.41) is 0. The summed E-state index contributed by atoms with van der Waals surface area (Å²) in [5.74, 6) is 1.33. The normalized spacial score (nSPS) is 9.82. The summed E-state index contributed by atoms with van der Waals surface area (Å²) >= 11 is 0. The second kappa shape index (κ2) is 7.19. The molecule has 0 saturated heterocycles. The molecule has 3 aromatic carbocycles. The molecule has 0 unspecified atom stereocenters. The predicted octanol–water partition coefficient (Wildman–Crippen LogP) is 4.44. The summed E-state index contributed by atoms with van der Waals surface area (Å²) in [6.07, 6.45) is 0.